The van der Waals surface area contributed by atoms with E-state index in [1.807, 2.05) is 0 Å². The molecule has 0 aromatic carbocycles. The van der Waals surface area contributed by atoms with Gasteiger partial charge in [-0.05, 0) is 11.8 Å². The van der Waals surface area contributed by atoms with E-state index in [0.29, 0.717) is 0 Å². The predicted octanol–water partition coefficient (Wildman–Crippen LogP) is -1.04. The molecule has 0 spiro atoms. The van der Waals surface area contributed by atoms with Gasteiger partial charge in [-0.15, -0.1) is 0 Å². The summed E-state index contributed by atoms with van der Waals surface area (Å²) in [5.74, 6) is -0.393. The van der Waals surface area contributed by atoms with Gasteiger partial charge >= 0.3 is 6.03 Å². The maximum absolute atomic E-state index is 11.4. The topological polar surface area (TPSA) is 98.7 Å². The van der Waals surface area contributed by atoms with Crippen LogP contribution in [0.25, 0.3) is 0 Å². The van der Waals surface area contributed by atoms with E-state index in [4.69, 9.17) is 5.11 Å². The molecule has 0 saturated carbocycles. The van der Waals surface area contributed by atoms with Gasteiger partial charge in [0.1, 0.15) is 6.04 Å². The van der Waals surface area contributed by atoms with Crippen molar-refractivity contribution in [2.24, 2.45) is 5.41 Å². The molecule has 0 aliphatic carbocycles. The average Bonchev–Trinajstić information content (AvgIpc) is 2.45. The lowest BCUT2D eigenvalue weighted by atomic mass is 9.79. The van der Waals surface area contributed by atoms with Crippen molar-refractivity contribution in [2.45, 2.75) is 32.4 Å². The molecular weight excluding hydrogens is 200 g/mol. The molecule has 1 aliphatic heterocycles. The third-order valence-electron chi connectivity index (χ3n) is 2.53. The minimum absolute atomic E-state index is 0.238. The van der Waals surface area contributed by atoms with Gasteiger partial charge in [-0.1, -0.05) is 13.8 Å². The van der Waals surface area contributed by atoms with Gasteiger partial charge in [0.25, 0.3) is 5.91 Å². The zero-order valence-corrected chi connectivity index (χ0v) is 8.78. The van der Waals surface area contributed by atoms with Crippen molar-refractivity contribution in [3.8, 4) is 0 Å². The van der Waals surface area contributed by atoms with Crippen LogP contribution in [0.2, 0.25) is 0 Å². The molecule has 6 nitrogen and oxygen atoms in total. The fraction of sp³-hybridized carbons (Fsp3) is 0.778. The first-order chi connectivity index (χ1) is 6.86. The Morgan fingerprint density at radius 1 is 1.47 bits per heavy atom. The summed E-state index contributed by atoms with van der Waals surface area (Å²) in [6.07, 6.45) is -0.646. The number of aliphatic hydroxyl groups is 2. The highest BCUT2D eigenvalue weighted by Gasteiger charge is 2.42. The number of urea groups is 1. The second-order valence-electron chi connectivity index (χ2n) is 4.42. The molecule has 1 heterocycles. The van der Waals surface area contributed by atoms with E-state index in [2.05, 4.69) is 10.6 Å². The summed E-state index contributed by atoms with van der Waals surface area (Å²) < 4.78 is 0. The number of rotatable bonds is 4. The lowest BCUT2D eigenvalue weighted by molar-refractivity contribution is -0.123. The van der Waals surface area contributed by atoms with Crippen molar-refractivity contribution in [1.29, 1.82) is 0 Å². The van der Waals surface area contributed by atoms with Crippen molar-refractivity contribution in [3.05, 3.63) is 0 Å². The Balaban J connectivity index is 2.68. The highest BCUT2D eigenvalue weighted by Crippen LogP contribution is 2.28. The van der Waals surface area contributed by atoms with Gasteiger partial charge in [-0.3, -0.25) is 10.1 Å². The Morgan fingerprint density at radius 2 is 2.07 bits per heavy atom. The number of amides is 3. The van der Waals surface area contributed by atoms with E-state index in [1.54, 1.807) is 13.8 Å². The first kappa shape index (κ1) is 11.9. The van der Waals surface area contributed by atoms with E-state index in [1.165, 1.54) is 0 Å². The van der Waals surface area contributed by atoms with Crippen LogP contribution in [0.15, 0.2) is 0 Å². The van der Waals surface area contributed by atoms with Gasteiger partial charge in [-0.2, -0.15) is 0 Å². The second-order valence-corrected chi connectivity index (χ2v) is 4.42. The third-order valence-corrected chi connectivity index (χ3v) is 2.53. The summed E-state index contributed by atoms with van der Waals surface area (Å²) in [6, 6.07) is -1.18. The Kier molecular flexibility index (Phi) is 3.31. The first-order valence-corrected chi connectivity index (χ1v) is 4.77. The molecule has 2 unspecified atom stereocenters. The van der Waals surface area contributed by atoms with E-state index in [9.17, 15) is 14.7 Å². The van der Waals surface area contributed by atoms with Gasteiger partial charge in [-0.25, -0.2) is 4.79 Å². The average molecular weight is 216 g/mol. The number of hydrogen-bond acceptors (Lipinski definition) is 4. The molecule has 86 valence electrons. The Hall–Kier alpha value is -1.14. The zero-order valence-electron chi connectivity index (χ0n) is 8.78. The largest absolute Gasteiger partial charge is 0.394 e. The minimum atomic E-state index is -0.884. The van der Waals surface area contributed by atoms with E-state index >= 15 is 0 Å². The SMILES string of the molecule is CC(C)(CC(O)CO)C1NC(=O)NC1=O. The molecule has 1 saturated heterocycles. The van der Waals surface area contributed by atoms with Crippen LogP contribution in [-0.4, -0.2) is 40.9 Å². The molecule has 0 aromatic rings. The van der Waals surface area contributed by atoms with Crippen LogP contribution in [0.4, 0.5) is 4.79 Å². The van der Waals surface area contributed by atoms with Crippen LogP contribution in [0.5, 0.6) is 0 Å². The van der Waals surface area contributed by atoms with Crippen LogP contribution < -0.4 is 10.6 Å². The molecule has 4 N–H and O–H groups in total. The molecule has 0 radical (unpaired) electrons. The molecule has 0 bridgehead atoms. The van der Waals surface area contributed by atoms with E-state index < -0.39 is 29.5 Å². The molecule has 1 fully saturated rings. The van der Waals surface area contributed by atoms with Crippen LogP contribution in [0.1, 0.15) is 20.3 Å². The summed E-state index contributed by atoms with van der Waals surface area (Å²) in [4.78, 5) is 22.3. The smallest absolute Gasteiger partial charge is 0.322 e. The molecular formula is C9H16N2O4. The summed E-state index contributed by atoms with van der Waals surface area (Å²) in [5, 5.41) is 22.6. The van der Waals surface area contributed by atoms with Gasteiger partial charge in [0, 0.05) is 0 Å². The fourth-order valence-electron chi connectivity index (χ4n) is 1.76. The van der Waals surface area contributed by atoms with Crippen molar-refractivity contribution in [1.82, 2.24) is 10.6 Å². The summed E-state index contributed by atoms with van der Waals surface area (Å²) in [6.45, 7) is 3.15. The predicted molar refractivity (Wildman–Crippen MR) is 52.0 cm³/mol. The molecule has 2 atom stereocenters. The van der Waals surface area contributed by atoms with Crippen molar-refractivity contribution < 1.29 is 19.8 Å². The monoisotopic (exact) mass is 216 g/mol. The molecule has 6 heteroatoms. The molecule has 1 rings (SSSR count). The van der Waals surface area contributed by atoms with Crippen LogP contribution >= 0.6 is 0 Å². The van der Waals surface area contributed by atoms with Crippen molar-refractivity contribution in [2.75, 3.05) is 6.61 Å². The number of carbonyl (C=O) groups excluding carboxylic acids is 2. The van der Waals surface area contributed by atoms with Gasteiger partial charge in [0.05, 0.1) is 12.7 Å². The van der Waals surface area contributed by atoms with Crippen LogP contribution in [0, 0.1) is 5.41 Å². The first-order valence-electron chi connectivity index (χ1n) is 4.77. The van der Waals surface area contributed by atoms with E-state index in [0.717, 1.165) is 0 Å². The number of aliphatic hydroxyl groups excluding tert-OH is 2. The zero-order chi connectivity index (χ0) is 11.6. The summed E-state index contributed by atoms with van der Waals surface area (Å²) >= 11 is 0. The standard InChI is InChI=1S/C9H16N2O4/c1-9(2,3-5(13)4-12)6-7(14)11-8(15)10-6/h5-6,12-13H,3-4H2,1-2H3,(H2,10,11,14,15). The van der Waals surface area contributed by atoms with Gasteiger partial charge < -0.3 is 15.5 Å². The maximum atomic E-state index is 11.4. The van der Waals surface area contributed by atoms with Gasteiger partial charge in [0.2, 0.25) is 0 Å². The Bertz CT molecular complexity index is 277. The van der Waals surface area contributed by atoms with Crippen molar-refractivity contribution >= 4 is 11.9 Å². The molecule has 0 aromatic heterocycles. The second kappa shape index (κ2) is 4.16. The Morgan fingerprint density at radius 3 is 2.47 bits per heavy atom. The van der Waals surface area contributed by atoms with E-state index in [-0.39, 0.29) is 13.0 Å². The summed E-state index contributed by atoms with van der Waals surface area (Å²) in [5.41, 5.74) is -0.599. The van der Waals surface area contributed by atoms with Crippen LogP contribution in [-0.2, 0) is 4.79 Å². The lowest BCUT2D eigenvalue weighted by Crippen LogP contribution is -2.45. The Labute approximate surface area is 87.7 Å². The maximum Gasteiger partial charge on any atom is 0.322 e. The molecule has 15 heavy (non-hydrogen) atoms. The molecule has 1 aliphatic rings. The summed E-state index contributed by atoms with van der Waals surface area (Å²) in [7, 11) is 0. The number of carbonyl (C=O) groups is 2. The lowest BCUT2D eigenvalue weighted by Gasteiger charge is -2.30. The molecule has 3 amide bonds. The number of nitrogens with one attached hydrogen (secondary N) is 2. The minimum Gasteiger partial charge on any atom is -0.394 e. The highest BCUT2D eigenvalue weighted by atomic mass is 16.3. The van der Waals surface area contributed by atoms with Crippen LogP contribution in [0.3, 0.4) is 0 Å². The normalized spacial score (nSPS) is 23.6. The fourth-order valence-corrected chi connectivity index (χ4v) is 1.76. The number of hydrogen-bond donors (Lipinski definition) is 4. The number of imide groups is 1. The highest BCUT2D eigenvalue weighted by molar-refractivity contribution is 6.04. The van der Waals surface area contributed by atoms with Crippen molar-refractivity contribution in [3.63, 3.8) is 0 Å². The third kappa shape index (κ3) is 2.66. The van der Waals surface area contributed by atoms with Gasteiger partial charge in [0.15, 0.2) is 0 Å². The quantitative estimate of drug-likeness (QED) is 0.451.